The van der Waals surface area contributed by atoms with Crippen LogP contribution in [-0.4, -0.2) is 77.0 Å². The van der Waals surface area contributed by atoms with E-state index < -0.39 is 72.0 Å². The van der Waals surface area contributed by atoms with Gasteiger partial charge in [0.15, 0.2) is 18.1 Å². The molecule has 3 heterocycles. The monoisotopic (exact) mass is 644 g/mol. The van der Waals surface area contributed by atoms with Crippen molar-refractivity contribution in [1.29, 1.82) is 0 Å². The Morgan fingerprint density at radius 3 is 2.48 bits per heavy atom. The summed E-state index contributed by atoms with van der Waals surface area (Å²) < 4.78 is 31.0. The average Bonchev–Trinajstić information content (AvgIpc) is 3.39. The van der Waals surface area contributed by atoms with E-state index in [0.717, 1.165) is 48.3 Å². The third-order valence-electron chi connectivity index (χ3n) is 8.11. The molecule has 2 aliphatic rings. The maximum atomic E-state index is 13.1. The summed E-state index contributed by atoms with van der Waals surface area (Å²) in [6.45, 7) is 6.09. The first-order valence-electron chi connectivity index (χ1n) is 15.6. The van der Waals surface area contributed by atoms with Gasteiger partial charge in [0.2, 0.25) is 12.2 Å². The number of aryl methyl sites for hydroxylation is 1. The Hall–Kier alpha value is -3.82. The molecule has 4 rings (SSSR count). The largest absolute Gasteiger partial charge is 0.457 e. The first-order chi connectivity index (χ1) is 22.1. The van der Waals surface area contributed by atoms with Gasteiger partial charge < -0.3 is 39.8 Å². The number of anilines is 1. The quantitative estimate of drug-likeness (QED) is 0.208. The number of aliphatic hydroxyl groups excluding tert-OH is 1. The molecule has 14 nitrogen and oxygen atoms in total. The van der Waals surface area contributed by atoms with Crippen molar-refractivity contribution in [3.63, 3.8) is 0 Å². The number of methoxy groups -OCH3 is 1. The molecule has 1 fully saturated rings. The molecule has 0 saturated carbocycles. The molecule has 0 bridgehead atoms. The maximum Gasteiger partial charge on any atom is 0.330 e. The molecule has 0 unspecified atom stereocenters. The molecule has 14 heteroatoms. The van der Waals surface area contributed by atoms with Crippen LogP contribution in [-0.2, 0) is 39.7 Å². The Labute approximate surface area is 266 Å². The first kappa shape index (κ1) is 35.0. The summed E-state index contributed by atoms with van der Waals surface area (Å²) in [6, 6.07) is 8.48. The van der Waals surface area contributed by atoms with Crippen molar-refractivity contribution in [2.45, 2.75) is 95.9 Å². The lowest BCUT2D eigenvalue weighted by atomic mass is 10.00. The number of primary amides is 1. The molecule has 0 radical (unpaired) electrons. The fourth-order valence-electron chi connectivity index (χ4n) is 5.48. The number of carbonyl (C=O) groups is 2. The number of unbranched alkanes of at least 4 members (excludes halogenated alkanes) is 3. The van der Waals surface area contributed by atoms with Gasteiger partial charge >= 0.3 is 5.69 Å². The molecule has 1 saturated heterocycles. The van der Waals surface area contributed by atoms with Crippen LogP contribution in [0.5, 0.6) is 0 Å². The van der Waals surface area contributed by atoms with Gasteiger partial charge in [0.25, 0.3) is 11.5 Å². The topological polar surface area (TPSA) is 193 Å². The van der Waals surface area contributed by atoms with E-state index in [1.54, 1.807) is 19.1 Å². The second-order valence-corrected chi connectivity index (χ2v) is 11.4. The molecule has 8 atom stereocenters. The fraction of sp³-hybridized carbons (Fsp3) is 0.562. The number of nitrogens with one attached hydrogen (secondary N) is 2. The van der Waals surface area contributed by atoms with Gasteiger partial charge in [-0.05, 0) is 36.6 Å². The molecule has 252 valence electrons. The lowest BCUT2D eigenvalue weighted by Gasteiger charge is -2.35. The molecule has 1 aromatic heterocycles. The number of nitrogens with zero attached hydrogens (tertiary/aromatic N) is 1. The maximum absolute atomic E-state index is 13.1. The molecule has 2 aliphatic heterocycles. The normalized spacial score (nSPS) is 26.6. The lowest BCUT2D eigenvalue weighted by molar-refractivity contribution is -0.234. The number of H-pyrrole nitrogens is 1. The van der Waals surface area contributed by atoms with Gasteiger partial charge in [-0.1, -0.05) is 52.2 Å². The molecule has 0 aliphatic carbocycles. The zero-order valence-electron chi connectivity index (χ0n) is 26.5. The van der Waals surface area contributed by atoms with Crippen molar-refractivity contribution in [2.75, 3.05) is 19.0 Å². The highest BCUT2D eigenvalue weighted by Gasteiger charge is 2.53. The van der Waals surface area contributed by atoms with Crippen LogP contribution in [0.4, 0.5) is 5.69 Å². The van der Waals surface area contributed by atoms with Gasteiger partial charge in [0.1, 0.15) is 24.4 Å². The average molecular weight is 645 g/mol. The molecule has 0 spiro atoms. The lowest BCUT2D eigenvalue weighted by Crippen LogP contribution is -2.53. The summed E-state index contributed by atoms with van der Waals surface area (Å²) >= 11 is 0. The highest BCUT2D eigenvalue weighted by atomic mass is 16.7. The highest BCUT2D eigenvalue weighted by Crippen LogP contribution is 2.36. The summed E-state index contributed by atoms with van der Waals surface area (Å²) in [5.74, 6) is -2.27. The molecule has 46 heavy (non-hydrogen) atoms. The Kier molecular flexibility index (Phi) is 12.3. The summed E-state index contributed by atoms with van der Waals surface area (Å²) in [5.41, 5.74) is 6.09. The second-order valence-electron chi connectivity index (χ2n) is 11.4. The predicted molar refractivity (Wildman–Crippen MR) is 167 cm³/mol. The minimum atomic E-state index is -1.57. The number of nitrogens with two attached hydrogens (primary N) is 1. The minimum absolute atomic E-state index is 0.118. The zero-order chi connectivity index (χ0) is 33.4. The van der Waals surface area contributed by atoms with Crippen molar-refractivity contribution in [3.05, 3.63) is 74.8 Å². The SMILES string of the molecule is CCCCCCO[C@@H]1[C@H](OC)[C@@H]([C@@H](O[C@H]2OC(C(=O)Nc3ccc(CC)cc3)=C[C@H](C)[C@@H]2O)C(N)=O)O[C@H]1n1ccc(=O)[nH]c1=O. The van der Waals surface area contributed by atoms with Gasteiger partial charge in [0, 0.05) is 37.6 Å². The summed E-state index contributed by atoms with van der Waals surface area (Å²) in [5, 5.41) is 13.7. The third kappa shape index (κ3) is 8.30. The molecule has 2 amide bonds. The number of hydrogen-bond donors (Lipinski definition) is 4. The Balaban J connectivity index is 1.56. The Bertz CT molecular complexity index is 1470. The van der Waals surface area contributed by atoms with Crippen molar-refractivity contribution < 1.29 is 38.4 Å². The summed E-state index contributed by atoms with van der Waals surface area (Å²) in [6.07, 6.45) is -1.35. The van der Waals surface area contributed by atoms with E-state index in [-0.39, 0.29) is 5.76 Å². The molecule has 5 N–H and O–H groups in total. The number of hydrogen-bond acceptors (Lipinski definition) is 10. The van der Waals surface area contributed by atoms with Crippen LogP contribution in [0.2, 0.25) is 0 Å². The van der Waals surface area contributed by atoms with Crippen LogP contribution in [0.3, 0.4) is 0 Å². The van der Waals surface area contributed by atoms with Crippen molar-refractivity contribution in [2.24, 2.45) is 11.7 Å². The van der Waals surface area contributed by atoms with Crippen LogP contribution in [0.25, 0.3) is 0 Å². The van der Waals surface area contributed by atoms with Crippen LogP contribution in [0, 0.1) is 5.92 Å². The second kappa shape index (κ2) is 16.1. The molecular weight excluding hydrogens is 600 g/mol. The number of aromatic amines is 1. The van der Waals surface area contributed by atoms with E-state index in [4.69, 9.17) is 29.4 Å². The van der Waals surface area contributed by atoms with E-state index in [1.165, 1.54) is 19.4 Å². The van der Waals surface area contributed by atoms with Crippen molar-refractivity contribution in [3.8, 4) is 0 Å². The third-order valence-corrected chi connectivity index (χ3v) is 8.11. The van der Waals surface area contributed by atoms with Crippen molar-refractivity contribution in [1.82, 2.24) is 9.55 Å². The number of amides is 2. The minimum Gasteiger partial charge on any atom is -0.457 e. The van der Waals surface area contributed by atoms with E-state index in [9.17, 15) is 24.3 Å². The number of aliphatic hydroxyl groups is 1. The number of aromatic nitrogens is 2. The van der Waals surface area contributed by atoms with E-state index >= 15 is 0 Å². The van der Waals surface area contributed by atoms with Gasteiger partial charge in [0.05, 0.1) is 0 Å². The van der Waals surface area contributed by atoms with Gasteiger partial charge in [-0.3, -0.25) is 23.9 Å². The van der Waals surface area contributed by atoms with Crippen LogP contribution in [0.15, 0.2) is 58.0 Å². The number of carbonyl (C=O) groups excluding carboxylic acids is 2. The van der Waals surface area contributed by atoms with E-state index in [2.05, 4.69) is 17.2 Å². The Morgan fingerprint density at radius 1 is 1.11 bits per heavy atom. The zero-order valence-corrected chi connectivity index (χ0v) is 26.5. The first-order valence-corrected chi connectivity index (χ1v) is 15.6. The summed E-state index contributed by atoms with van der Waals surface area (Å²) in [7, 11) is 1.39. The predicted octanol–water partition coefficient (Wildman–Crippen LogP) is 1.72. The molecule has 2 aromatic rings. The van der Waals surface area contributed by atoms with Crippen LogP contribution < -0.4 is 22.3 Å². The highest BCUT2D eigenvalue weighted by molar-refractivity contribution is 6.02. The smallest absolute Gasteiger partial charge is 0.330 e. The number of ether oxygens (including phenoxy) is 5. The van der Waals surface area contributed by atoms with Crippen LogP contribution in [0.1, 0.15) is 58.2 Å². The number of rotatable bonds is 15. The van der Waals surface area contributed by atoms with E-state index in [1.807, 2.05) is 19.1 Å². The fourth-order valence-corrected chi connectivity index (χ4v) is 5.48. The molecular formula is C32H44N4O10. The summed E-state index contributed by atoms with van der Waals surface area (Å²) in [4.78, 5) is 52.7. The van der Waals surface area contributed by atoms with E-state index in [0.29, 0.717) is 12.3 Å². The number of benzene rings is 1. The van der Waals surface area contributed by atoms with Crippen LogP contribution >= 0.6 is 0 Å². The standard InChI is InChI=1S/C32H44N4O10/c1-5-7-8-9-16-43-27-24(42-4)25(45-30(27)36-15-14-22(37)35-32(36)41)26(28(33)39)46-31-23(38)18(3)17-21(44-31)29(40)34-20-12-10-19(6-2)11-13-20/h10-15,17-18,23-27,30-31,38H,5-9,16H2,1-4H3,(H2,33,39)(H,34,40)(H,35,37,41)/t18-,23-,24+,25-,26+,27+,30+,31+/m0/s1. The molecule has 1 aromatic carbocycles. The van der Waals surface area contributed by atoms with Gasteiger partial charge in [-0.15, -0.1) is 0 Å². The van der Waals surface area contributed by atoms with Gasteiger partial charge in [-0.2, -0.15) is 0 Å². The van der Waals surface area contributed by atoms with Gasteiger partial charge in [-0.25, -0.2) is 4.79 Å². The van der Waals surface area contributed by atoms with Crippen molar-refractivity contribution >= 4 is 17.5 Å². The Morgan fingerprint density at radius 2 is 1.85 bits per heavy atom.